The molecule has 3 aromatic rings. The molecule has 1 saturated carbocycles. The maximum absolute atomic E-state index is 15.1. The summed E-state index contributed by atoms with van der Waals surface area (Å²) >= 11 is 0. The minimum atomic E-state index is -0.978. The van der Waals surface area contributed by atoms with Crippen molar-refractivity contribution in [1.29, 1.82) is 0 Å². The van der Waals surface area contributed by atoms with Gasteiger partial charge in [-0.05, 0) is 68.0 Å². The van der Waals surface area contributed by atoms with Gasteiger partial charge in [-0.2, -0.15) is 4.39 Å². The third-order valence-corrected chi connectivity index (χ3v) is 6.28. The van der Waals surface area contributed by atoms with E-state index in [0.717, 1.165) is 38.4 Å². The van der Waals surface area contributed by atoms with Crippen molar-refractivity contribution in [2.45, 2.75) is 25.2 Å². The van der Waals surface area contributed by atoms with Crippen LogP contribution in [-0.4, -0.2) is 29.2 Å². The fourth-order valence-electron chi connectivity index (χ4n) is 4.23. The number of anilines is 1. The molecule has 0 spiro atoms. The third-order valence-electron chi connectivity index (χ3n) is 6.28. The topological polar surface area (TPSA) is 63.3 Å². The predicted molar refractivity (Wildman–Crippen MR) is 123 cm³/mol. The van der Waals surface area contributed by atoms with Gasteiger partial charge >= 0.3 is 0 Å². The quantitative estimate of drug-likeness (QED) is 0.541. The minimum Gasteiger partial charge on any atom is -0.367 e. The lowest BCUT2D eigenvalue weighted by Crippen LogP contribution is -2.28. The lowest BCUT2D eigenvalue weighted by atomic mass is 10.1. The van der Waals surface area contributed by atoms with Gasteiger partial charge in [-0.15, -0.1) is 0 Å². The van der Waals surface area contributed by atoms with Crippen LogP contribution in [0.5, 0.6) is 0 Å². The van der Waals surface area contributed by atoms with Crippen molar-refractivity contribution in [3.8, 4) is 17.1 Å². The summed E-state index contributed by atoms with van der Waals surface area (Å²) in [6.07, 6.45) is 3.24. The number of nitrogens with one attached hydrogen (secondary N) is 2. The molecule has 2 aliphatic rings. The zero-order valence-electron chi connectivity index (χ0n) is 17.9. The van der Waals surface area contributed by atoms with Gasteiger partial charge in [0.05, 0.1) is 12.3 Å². The Morgan fingerprint density at radius 1 is 1.15 bits per heavy atom. The van der Waals surface area contributed by atoms with Gasteiger partial charge in [0, 0.05) is 12.1 Å². The average molecular weight is 447 g/mol. The molecule has 33 heavy (non-hydrogen) atoms. The van der Waals surface area contributed by atoms with Crippen LogP contribution in [0.4, 0.5) is 20.3 Å². The van der Waals surface area contributed by atoms with Crippen molar-refractivity contribution in [2.75, 3.05) is 25.0 Å². The summed E-state index contributed by atoms with van der Waals surface area (Å²) in [5.41, 5.74) is 0.926. The molecule has 2 aromatic carbocycles. The molecule has 2 fully saturated rings. The Morgan fingerprint density at radius 3 is 2.58 bits per heavy atom. The van der Waals surface area contributed by atoms with Crippen LogP contribution in [0.15, 0.2) is 47.3 Å². The molecule has 0 amide bonds. The monoisotopic (exact) mass is 447 g/mol. The first-order valence-electron chi connectivity index (χ1n) is 11.1. The average Bonchev–Trinajstić information content (AvgIpc) is 3.55. The second-order valence-electron chi connectivity index (χ2n) is 8.62. The summed E-state index contributed by atoms with van der Waals surface area (Å²) in [5, 5.41) is 6.22. The molecule has 5 rings (SSSR count). The van der Waals surface area contributed by atoms with Crippen LogP contribution in [0.3, 0.4) is 0 Å². The fourth-order valence-corrected chi connectivity index (χ4v) is 4.23. The van der Waals surface area contributed by atoms with E-state index in [9.17, 15) is 9.18 Å². The van der Waals surface area contributed by atoms with Crippen molar-refractivity contribution < 1.29 is 8.78 Å². The van der Waals surface area contributed by atoms with Gasteiger partial charge in [-0.3, -0.25) is 9.36 Å². The maximum Gasteiger partial charge on any atom is 0.296 e. The molecule has 1 aliphatic heterocycles. The van der Waals surface area contributed by atoms with Gasteiger partial charge in [0.25, 0.3) is 5.56 Å². The van der Waals surface area contributed by atoms with Gasteiger partial charge in [-0.25, -0.2) is 14.2 Å². The lowest BCUT2D eigenvalue weighted by Gasteiger charge is -2.17. The molecule has 1 aromatic heterocycles. The smallest absolute Gasteiger partial charge is 0.296 e. The molecule has 0 radical (unpaired) electrons. The van der Waals surface area contributed by atoms with Crippen molar-refractivity contribution in [3.63, 3.8) is 0 Å². The number of halogens is 2. The first-order valence-corrected chi connectivity index (χ1v) is 11.1. The van der Waals surface area contributed by atoms with Gasteiger partial charge in [0.15, 0.2) is 5.82 Å². The molecule has 2 heterocycles. The minimum absolute atomic E-state index is 0.114. The van der Waals surface area contributed by atoms with E-state index >= 15 is 4.39 Å². The highest BCUT2D eigenvalue weighted by Gasteiger charge is 2.25. The van der Waals surface area contributed by atoms with Crippen LogP contribution in [-0.2, 0) is 0 Å². The largest absolute Gasteiger partial charge is 0.367 e. The van der Waals surface area contributed by atoms with E-state index in [1.807, 2.05) is 12.1 Å². The molecule has 1 saturated heterocycles. The molecule has 1 aliphatic carbocycles. The van der Waals surface area contributed by atoms with Crippen molar-refractivity contribution in [2.24, 2.45) is 5.92 Å². The van der Waals surface area contributed by atoms with E-state index in [0.29, 0.717) is 24.1 Å². The van der Waals surface area contributed by atoms with Gasteiger partial charge < -0.3 is 10.6 Å². The number of nitrogens with zero attached hydrogens (tertiary/aromatic N) is 3. The van der Waals surface area contributed by atoms with Crippen LogP contribution in [0.1, 0.15) is 30.7 Å². The zero-order chi connectivity index (χ0) is 22.9. The molecule has 0 bridgehead atoms. The summed E-state index contributed by atoms with van der Waals surface area (Å²) in [6.45, 7) is 9.27. The summed E-state index contributed by atoms with van der Waals surface area (Å²) < 4.78 is 30.7. The molecular weight excluding hydrogens is 424 g/mol. The molecule has 8 heteroatoms. The highest BCUT2D eigenvalue weighted by Crippen LogP contribution is 2.40. The molecule has 6 nitrogen and oxygen atoms in total. The lowest BCUT2D eigenvalue weighted by molar-refractivity contribution is 0.580. The number of aromatic nitrogens is 2. The molecule has 168 valence electrons. The van der Waals surface area contributed by atoms with Gasteiger partial charge in [0.1, 0.15) is 11.6 Å². The summed E-state index contributed by atoms with van der Waals surface area (Å²) in [7, 11) is 0. The Balaban J connectivity index is 1.61. The number of rotatable bonds is 6. The Bertz CT molecular complexity index is 1290. The highest BCUT2D eigenvalue weighted by molar-refractivity contribution is 5.64. The highest BCUT2D eigenvalue weighted by atomic mass is 19.1. The maximum atomic E-state index is 15.1. The van der Waals surface area contributed by atoms with E-state index in [1.165, 1.54) is 22.3 Å². The van der Waals surface area contributed by atoms with Crippen LogP contribution in [0, 0.1) is 24.1 Å². The fraction of sp³-hybridized carbons (Fsp3) is 0.320. The summed E-state index contributed by atoms with van der Waals surface area (Å²) in [4.78, 5) is 20.7. The SMILES string of the molecule is [C-]#[N+]c1ccc(-c2nc(NC[C@H]3CCNC3)c(F)c(=O)n2-c2ccc(C3CC3)cc2)cc1F. The van der Waals surface area contributed by atoms with Crippen molar-refractivity contribution in [1.82, 2.24) is 14.9 Å². The van der Waals surface area contributed by atoms with Crippen LogP contribution in [0.2, 0.25) is 0 Å². The summed E-state index contributed by atoms with van der Waals surface area (Å²) in [5.74, 6) is -0.887. The van der Waals surface area contributed by atoms with E-state index in [1.54, 1.807) is 12.1 Å². The Kier molecular flexibility index (Phi) is 5.65. The van der Waals surface area contributed by atoms with Crippen LogP contribution >= 0.6 is 0 Å². The van der Waals surface area contributed by atoms with Crippen molar-refractivity contribution in [3.05, 3.63) is 81.4 Å². The van der Waals surface area contributed by atoms with E-state index in [4.69, 9.17) is 6.57 Å². The Hall–Kier alpha value is -3.57. The zero-order valence-corrected chi connectivity index (χ0v) is 17.9. The number of hydrogen-bond donors (Lipinski definition) is 2. The first-order chi connectivity index (χ1) is 16.0. The number of hydrogen-bond acceptors (Lipinski definition) is 4. The summed E-state index contributed by atoms with van der Waals surface area (Å²) in [6, 6.07) is 11.4. The van der Waals surface area contributed by atoms with E-state index in [2.05, 4.69) is 20.5 Å². The standard InChI is InChI=1S/C25H23F2N5O/c1-28-21-9-6-18(12-20(21)26)24-31-23(30-14-15-10-11-29-13-15)22(27)25(33)32(24)19-7-4-17(5-8-19)16-2-3-16/h4-9,12,15-16,29-30H,2-3,10-11,13-14H2/t15-/m0/s1. The molecule has 2 N–H and O–H groups in total. The predicted octanol–water partition coefficient (Wildman–Crippen LogP) is 4.63. The molecule has 1 atom stereocenters. The third kappa shape index (κ3) is 4.24. The second-order valence-corrected chi connectivity index (χ2v) is 8.62. The number of benzene rings is 2. The van der Waals surface area contributed by atoms with Crippen LogP contribution in [0.25, 0.3) is 21.9 Å². The first kappa shape index (κ1) is 21.3. The molecular formula is C25H23F2N5O. The Labute approximate surface area is 190 Å². The van der Waals surface area contributed by atoms with Crippen molar-refractivity contribution >= 4 is 11.5 Å². The van der Waals surface area contributed by atoms with Gasteiger partial charge in [-0.1, -0.05) is 24.3 Å². The van der Waals surface area contributed by atoms with Gasteiger partial charge in [0.2, 0.25) is 11.5 Å². The Morgan fingerprint density at radius 2 is 1.94 bits per heavy atom. The normalized spacial score (nSPS) is 17.7. The molecule has 0 unspecified atom stereocenters. The van der Waals surface area contributed by atoms with E-state index in [-0.39, 0.29) is 22.9 Å². The second kappa shape index (κ2) is 8.75. The van der Waals surface area contributed by atoms with Crippen LogP contribution < -0.4 is 16.2 Å². The van der Waals surface area contributed by atoms with E-state index < -0.39 is 17.2 Å².